The molecule has 4 nitrogen and oxygen atoms in total. The van der Waals surface area contributed by atoms with Gasteiger partial charge in [-0.1, -0.05) is 0 Å². The van der Waals surface area contributed by atoms with E-state index in [1.165, 1.54) is 0 Å². The standard InChI is InChI=1S/C13H15NO3/c1-13(2,3)17-12(15)11-6-8-4-5-9(14)7-10(8)16-11/h4-7H,14H2,1-3H3. The molecule has 0 bridgehead atoms. The summed E-state index contributed by atoms with van der Waals surface area (Å²) in [5, 5.41) is 0.833. The van der Waals surface area contributed by atoms with Crippen LogP contribution in [0.25, 0.3) is 11.0 Å². The number of esters is 1. The third-order valence-electron chi connectivity index (χ3n) is 2.14. The third-order valence-corrected chi connectivity index (χ3v) is 2.14. The fraction of sp³-hybridized carbons (Fsp3) is 0.308. The number of furan rings is 1. The Balaban J connectivity index is 2.33. The van der Waals surface area contributed by atoms with E-state index in [0.717, 1.165) is 5.39 Å². The van der Waals surface area contributed by atoms with Gasteiger partial charge in [0.2, 0.25) is 5.76 Å². The van der Waals surface area contributed by atoms with Crippen molar-refractivity contribution in [3.8, 4) is 0 Å². The van der Waals surface area contributed by atoms with Crippen LogP contribution in [-0.4, -0.2) is 11.6 Å². The Hall–Kier alpha value is -1.97. The molecule has 0 saturated carbocycles. The highest BCUT2D eigenvalue weighted by Gasteiger charge is 2.20. The van der Waals surface area contributed by atoms with E-state index in [2.05, 4.69) is 0 Å². The molecule has 0 saturated heterocycles. The van der Waals surface area contributed by atoms with Gasteiger partial charge >= 0.3 is 5.97 Å². The number of carbonyl (C=O) groups excluding carboxylic acids is 1. The van der Waals surface area contributed by atoms with Crippen LogP contribution in [0.15, 0.2) is 28.7 Å². The van der Waals surface area contributed by atoms with E-state index >= 15 is 0 Å². The Morgan fingerprint density at radius 3 is 2.65 bits per heavy atom. The SMILES string of the molecule is CC(C)(C)OC(=O)c1cc2ccc(N)cc2o1. The maximum absolute atomic E-state index is 11.8. The lowest BCUT2D eigenvalue weighted by Gasteiger charge is -2.18. The molecule has 0 spiro atoms. The number of hydrogen-bond donors (Lipinski definition) is 1. The van der Waals surface area contributed by atoms with Crippen LogP contribution in [0.3, 0.4) is 0 Å². The molecule has 0 amide bonds. The quantitative estimate of drug-likeness (QED) is 0.607. The molecular formula is C13H15NO3. The highest BCUT2D eigenvalue weighted by Crippen LogP contribution is 2.23. The second-order valence-electron chi connectivity index (χ2n) is 4.91. The molecule has 17 heavy (non-hydrogen) atoms. The number of benzene rings is 1. The summed E-state index contributed by atoms with van der Waals surface area (Å²) in [5.74, 6) is -0.271. The van der Waals surface area contributed by atoms with Crippen molar-refractivity contribution >= 4 is 22.6 Å². The van der Waals surface area contributed by atoms with Gasteiger partial charge in [0.1, 0.15) is 11.2 Å². The molecule has 4 heteroatoms. The van der Waals surface area contributed by atoms with Crippen molar-refractivity contribution in [2.24, 2.45) is 0 Å². The van der Waals surface area contributed by atoms with Crippen LogP contribution in [0.1, 0.15) is 31.3 Å². The topological polar surface area (TPSA) is 65.5 Å². The summed E-state index contributed by atoms with van der Waals surface area (Å²) in [7, 11) is 0. The average molecular weight is 233 g/mol. The molecule has 1 heterocycles. The Morgan fingerprint density at radius 1 is 1.29 bits per heavy atom. The largest absolute Gasteiger partial charge is 0.454 e. The van der Waals surface area contributed by atoms with Crippen LogP contribution in [0.2, 0.25) is 0 Å². The molecule has 2 N–H and O–H groups in total. The minimum atomic E-state index is -0.533. The molecule has 0 fully saturated rings. The summed E-state index contributed by atoms with van der Waals surface area (Å²) in [6, 6.07) is 6.91. The van der Waals surface area contributed by atoms with Crippen molar-refractivity contribution in [2.45, 2.75) is 26.4 Å². The molecule has 0 aliphatic rings. The van der Waals surface area contributed by atoms with E-state index in [1.54, 1.807) is 18.2 Å². The summed E-state index contributed by atoms with van der Waals surface area (Å²) in [6.07, 6.45) is 0. The van der Waals surface area contributed by atoms with Gasteiger partial charge in [0.05, 0.1) is 0 Å². The molecule has 90 valence electrons. The molecular weight excluding hydrogens is 218 g/mol. The van der Waals surface area contributed by atoms with Gasteiger partial charge in [0, 0.05) is 17.1 Å². The van der Waals surface area contributed by atoms with Gasteiger partial charge in [-0.2, -0.15) is 0 Å². The van der Waals surface area contributed by atoms with E-state index in [1.807, 2.05) is 26.8 Å². The van der Waals surface area contributed by atoms with Gasteiger partial charge in [-0.25, -0.2) is 4.79 Å². The van der Waals surface area contributed by atoms with Gasteiger partial charge < -0.3 is 14.9 Å². The van der Waals surface area contributed by atoms with Crippen molar-refractivity contribution in [1.82, 2.24) is 0 Å². The minimum absolute atomic E-state index is 0.195. The number of nitrogens with two attached hydrogens (primary N) is 1. The first kappa shape index (κ1) is 11.5. The molecule has 0 aliphatic heterocycles. The second kappa shape index (κ2) is 3.80. The Labute approximate surface area is 99.3 Å². The number of ether oxygens (including phenoxy) is 1. The van der Waals surface area contributed by atoms with E-state index in [0.29, 0.717) is 11.3 Å². The molecule has 0 radical (unpaired) electrons. The van der Waals surface area contributed by atoms with Gasteiger partial charge in [-0.05, 0) is 39.0 Å². The summed E-state index contributed by atoms with van der Waals surface area (Å²) in [6.45, 7) is 5.43. The van der Waals surface area contributed by atoms with Crippen molar-refractivity contribution in [3.05, 3.63) is 30.0 Å². The van der Waals surface area contributed by atoms with Crippen molar-refractivity contribution in [1.29, 1.82) is 0 Å². The van der Waals surface area contributed by atoms with Gasteiger partial charge in [-0.3, -0.25) is 0 Å². The number of carbonyl (C=O) groups is 1. The number of fused-ring (bicyclic) bond motifs is 1. The summed E-state index contributed by atoms with van der Waals surface area (Å²) in [4.78, 5) is 11.8. The third kappa shape index (κ3) is 2.58. The zero-order valence-corrected chi connectivity index (χ0v) is 10.1. The first-order chi connectivity index (χ1) is 7.85. The normalized spacial score (nSPS) is 11.7. The van der Waals surface area contributed by atoms with E-state index in [4.69, 9.17) is 14.9 Å². The van der Waals surface area contributed by atoms with Crippen LogP contribution in [0.5, 0.6) is 0 Å². The van der Waals surface area contributed by atoms with Crippen molar-refractivity contribution in [2.75, 3.05) is 5.73 Å². The molecule has 0 aliphatic carbocycles. The second-order valence-corrected chi connectivity index (χ2v) is 4.91. The summed E-state index contributed by atoms with van der Waals surface area (Å²) in [5.41, 5.74) is 6.29. The van der Waals surface area contributed by atoms with Crippen LogP contribution in [0.4, 0.5) is 5.69 Å². The van der Waals surface area contributed by atoms with Crippen LogP contribution in [0, 0.1) is 0 Å². The smallest absolute Gasteiger partial charge is 0.374 e. The predicted octanol–water partition coefficient (Wildman–Crippen LogP) is 2.97. The highest BCUT2D eigenvalue weighted by molar-refractivity contribution is 5.93. The van der Waals surface area contributed by atoms with Crippen LogP contribution >= 0.6 is 0 Å². The maximum atomic E-state index is 11.8. The minimum Gasteiger partial charge on any atom is -0.454 e. The Morgan fingerprint density at radius 2 is 2.00 bits per heavy atom. The monoisotopic (exact) mass is 233 g/mol. The lowest BCUT2D eigenvalue weighted by Crippen LogP contribution is -2.23. The zero-order chi connectivity index (χ0) is 12.6. The van der Waals surface area contributed by atoms with Crippen LogP contribution in [-0.2, 0) is 4.74 Å². The predicted molar refractivity (Wildman–Crippen MR) is 65.8 cm³/mol. The fourth-order valence-corrected chi connectivity index (χ4v) is 1.48. The highest BCUT2D eigenvalue weighted by atomic mass is 16.6. The molecule has 1 aromatic heterocycles. The first-order valence-electron chi connectivity index (χ1n) is 5.37. The van der Waals surface area contributed by atoms with E-state index < -0.39 is 11.6 Å². The average Bonchev–Trinajstić information content (AvgIpc) is 2.57. The van der Waals surface area contributed by atoms with Gasteiger partial charge in [-0.15, -0.1) is 0 Å². The van der Waals surface area contributed by atoms with Crippen LogP contribution < -0.4 is 5.73 Å². The van der Waals surface area contributed by atoms with E-state index in [9.17, 15) is 4.79 Å². The Kier molecular flexibility index (Phi) is 2.58. The maximum Gasteiger partial charge on any atom is 0.374 e. The zero-order valence-electron chi connectivity index (χ0n) is 10.1. The van der Waals surface area contributed by atoms with Gasteiger partial charge in [0.15, 0.2) is 0 Å². The molecule has 0 atom stereocenters. The first-order valence-corrected chi connectivity index (χ1v) is 5.37. The lowest BCUT2D eigenvalue weighted by atomic mass is 10.2. The Bertz CT molecular complexity index is 564. The molecule has 2 aromatic rings. The summed E-state index contributed by atoms with van der Waals surface area (Å²) < 4.78 is 10.6. The number of anilines is 1. The molecule has 0 unspecified atom stereocenters. The van der Waals surface area contributed by atoms with Gasteiger partial charge in [0.25, 0.3) is 0 Å². The fourth-order valence-electron chi connectivity index (χ4n) is 1.48. The van der Waals surface area contributed by atoms with Crippen molar-refractivity contribution in [3.63, 3.8) is 0 Å². The number of hydrogen-bond acceptors (Lipinski definition) is 4. The number of nitrogen functional groups attached to an aromatic ring is 1. The molecule has 2 rings (SSSR count). The van der Waals surface area contributed by atoms with E-state index in [-0.39, 0.29) is 5.76 Å². The van der Waals surface area contributed by atoms with Crippen molar-refractivity contribution < 1.29 is 13.9 Å². The molecule has 1 aromatic carbocycles. The number of rotatable bonds is 1. The lowest BCUT2D eigenvalue weighted by molar-refractivity contribution is 0.00382. The summed E-state index contributed by atoms with van der Waals surface area (Å²) >= 11 is 0.